The van der Waals surface area contributed by atoms with Crippen LogP contribution in [0.25, 0.3) is 0 Å². The highest BCUT2D eigenvalue weighted by atomic mass is 79.9. The second-order valence-electron chi connectivity index (χ2n) is 2.86. The lowest BCUT2D eigenvalue weighted by molar-refractivity contribution is 0.712. The molecule has 0 aromatic heterocycles. The maximum atomic E-state index is 3.59. The molecule has 1 heteroatoms. The van der Waals surface area contributed by atoms with E-state index in [1.807, 2.05) is 0 Å². The Balaban J connectivity index is 2.41. The van der Waals surface area contributed by atoms with E-state index in [1.165, 1.54) is 10.9 Å². The van der Waals surface area contributed by atoms with Gasteiger partial charge in [-0.2, -0.15) is 0 Å². The summed E-state index contributed by atoms with van der Waals surface area (Å²) < 4.78 is 1.44. The lowest BCUT2D eigenvalue weighted by atomic mass is 10.1. The molecule has 2 atom stereocenters. The number of hydrogen-bond acceptors (Lipinski definition) is 0. The zero-order valence-electron chi connectivity index (χ0n) is 5.39. The summed E-state index contributed by atoms with van der Waals surface area (Å²) in [7, 11) is 0. The van der Waals surface area contributed by atoms with Crippen molar-refractivity contribution < 1.29 is 0 Å². The van der Waals surface area contributed by atoms with Crippen molar-refractivity contribution in [2.75, 3.05) is 0 Å². The molecule has 2 bridgehead atoms. The van der Waals surface area contributed by atoms with E-state index in [-0.39, 0.29) is 0 Å². The molecule has 2 aliphatic rings. The molecule has 0 aromatic carbocycles. The minimum absolute atomic E-state index is 0.731. The molecule has 9 heavy (non-hydrogen) atoms. The highest BCUT2D eigenvalue weighted by Crippen LogP contribution is 2.45. The molecular weight excluding hydrogens is 176 g/mol. The monoisotopic (exact) mass is 184 g/mol. The van der Waals surface area contributed by atoms with Gasteiger partial charge in [-0.05, 0) is 19.3 Å². The number of rotatable bonds is 0. The molecule has 0 unspecified atom stereocenters. The van der Waals surface area contributed by atoms with Crippen molar-refractivity contribution in [1.29, 1.82) is 0 Å². The summed E-state index contributed by atoms with van der Waals surface area (Å²) in [5, 5.41) is 0. The summed E-state index contributed by atoms with van der Waals surface area (Å²) in [6.45, 7) is 2.22. The second kappa shape index (κ2) is 1.72. The number of fused-ring (bicyclic) bond motifs is 2. The van der Waals surface area contributed by atoms with Gasteiger partial charge in [-0.3, -0.25) is 0 Å². The third-order valence-corrected chi connectivity index (χ3v) is 3.56. The lowest BCUT2D eigenvalue weighted by Crippen LogP contribution is -1.88. The van der Waals surface area contributed by atoms with Gasteiger partial charge < -0.3 is 0 Å². The number of hydrogen-bond donors (Lipinski definition) is 0. The van der Waals surface area contributed by atoms with Crippen LogP contribution in [-0.4, -0.2) is 0 Å². The van der Waals surface area contributed by atoms with Crippen LogP contribution in [-0.2, 0) is 0 Å². The van der Waals surface area contributed by atoms with Crippen molar-refractivity contribution in [2.24, 2.45) is 11.8 Å². The van der Waals surface area contributed by atoms with Crippen LogP contribution in [0, 0.1) is 11.8 Å². The van der Waals surface area contributed by atoms with Crippen molar-refractivity contribution in [1.82, 2.24) is 0 Å². The Morgan fingerprint density at radius 2 is 2.11 bits per heavy atom. The predicted molar refractivity (Wildman–Crippen MR) is 42.4 cm³/mol. The first kappa shape index (κ1) is 5.72. The van der Waals surface area contributed by atoms with E-state index in [2.05, 4.69) is 35.0 Å². The van der Waals surface area contributed by atoms with Crippen LogP contribution < -0.4 is 0 Å². The van der Waals surface area contributed by atoms with E-state index in [1.54, 1.807) is 5.57 Å². The average Bonchev–Trinajstić information content (AvgIpc) is 2.37. The molecule has 0 aromatic rings. The predicted octanol–water partition coefficient (Wildman–Crippen LogP) is 2.86. The van der Waals surface area contributed by atoms with E-state index < -0.39 is 0 Å². The molecule has 0 spiro atoms. The molecule has 0 heterocycles. The van der Waals surface area contributed by atoms with Crippen molar-refractivity contribution in [2.45, 2.75) is 13.3 Å². The van der Waals surface area contributed by atoms with Crippen LogP contribution in [0.1, 0.15) is 13.3 Å². The highest BCUT2D eigenvalue weighted by molar-refractivity contribution is 9.11. The quantitative estimate of drug-likeness (QED) is 0.509. The van der Waals surface area contributed by atoms with E-state index in [9.17, 15) is 0 Å². The summed E-state index contributed by atoms with van der Waals surface area (Å²) in [5.41, 5.74) is 1.54. The van der Waals surface area contributed by atoms with Crippen LogP contribution in [0.4, 0.5) is 0 Å². The maximum Gasteiger partial charge on any atom is 0.00927 e. The summed E-state index contributed by atoms with van der Waals surface area (Å²) in [6.07, 6.45) is 5.96. The van der Waals surface area contributed by atoms with Gasteiger partial charge in [0.1, 0.15) is 0 Å². The SMILES string of the molecule is CC1=C(Br)[C@@H]2C=C[C@H]1C2. The van der Waals surface area contributed by atoms with Gasteiger partial charge in [0.2, 0.25) is 0 Å². The normalized spacial score (nSPS) is 38.9. The van der Waals surface area contributed by atoms with Gasteiger partial charge in [-0.1, -0.05) is 33.7 Å². The van der Waals surface area contributed by atoms with Crippen molar-refractivity contribution >= 4 is 15.9 Å². The zero-order chi connectivity index (χ0) is 6.43. The Morgan fingerprint density at radius 3 is 2.44 bits per heavy atom. The van der Waals surface area contributed by atoms with Crippen LogP contribution in [0.15, 0.2) is 22.2 Å². The summed E-state index contributed by atoms with van der Waals surface area (Å²) in [5.74, 6) is 1.50. The van der Waals surface area contributed by atoms with E-state index >= 15 is 0 Å². The third-order valence-electron chi connectivity index (χ3n) is 2.34. The first-order valence-corrected chi connectivity index (χ1v) is 4.13. The molecular formula is C8H9Br. The first-order chi connectivity index (χ1) is 4.29. The fraction of sp³-hybridized carbons (Fsp3) is 0.500. The maximum absolute atomic E-state index is 3.59. The zero-order valence-corrected chi connectivity index (χ0v) is 6.98. The molecule has 0 N–H and O–H groups in total. The Morgan fingerprint density at radius 1 is 1.44 bits per heavy atom. The molecule has 0 radical (unpaired) electrons. The van der Waals surface area contributed by atoms with E-state index in [0.29, 0.717) is 0 Å². The molecule has 0 saturated carbocycles. The van der Waals surface area contributed by atoms with Gasteiger partial charge in [-0.25, -0.2) is 0 Å². The summed E-state index contributed by atoms with van der Waals surface area (Å²) in [6, 6.07) is 0. The van der Waals surface area contributed by atoms with Crippen molar-refractivity contribution in [3.05, 3.63) is 22.2 Å². The van der Waals surface area contributed by atoms with E-state index in [4.69, 9.17) is 0 Å². The number of allylic oxidation sites excluding steroid dienone is 4. The third kappa shape index (κ3) is 0.644. The first-order valence-electron chi connectivity index (χ1n) is 3.33. The van der Waals surface area contributed by atoms with Gasteiger partial charge >= 0.3 is 0 Å². The molecule has 0 aliphatic heterocycles. The van der Waals surface area contributed by atoms with Crippen LogP contribution in [0.3, 0.4) is 0 Å². The van der Waals surface area contributed by atoms with Gasteiger partial charge in [0.05, 0.1) is 0 Å². The lowest BCUT2D eigenvalue weighted by Gasteiger charge is -2.04. The van der Waals surface area contributed by atoms with Crippen molar-refractivity contribution in [3.63, 3.8) is 0 Å². The fourth-order valence-electron chi connectivity index (χ4n) is 1.68. The molecule has 0 saturated heterocycles. The fourth-order valence-corrected chi connectivity index (χ4v) is 2.31. The van der Waals surface area contributed by atoms with Crippen LogP contribution >= 0.6 is 15.9 Å². The smallest absolute Gasteiger partial charge is 0.00927 e. The molecule has 2 aliphatic carbocycles. The van der Waals surface area contributed by atoms with Crippen molar-refractivity contribution in [3.8, 4) is 0 Å². The Labute approximate surface area is 63.8 Å². The minimum Gasteiger partial charge on any atom is -0.0807 e. The summed E-state index contributed by atoms with van der Waals surface area (Å²) >= 11 is 3.59. The minimum atomic E-state index is 0.731. The van der Waals surface area contributed by atoms with Gasteiger partial charge in [0.25, 0.3) is 0 Å². The Hall–Kier alpha value is -0.0400. The van der Waals surface area contributed by atoms with Crippen LogP contribution in [0.2, 0.25) is 0 Å². The topological polar surface area (TPSA) is 0 Å². The van der Waals surface area contributed by atoms with Gasteiger partial charge in [-0.15, -0.1) is 0 Å². The Bertz CT molecular complexity index is 181. The van der Waals surface area contributed by atoms with Gasteiger partial charge in [0.15, 0.2) is 0 Å². The highest BCUT2D eigenvalue weighted by Gasteiger charge is 2.30. The number of halogens is 1. The molecule has 2 rings (SSSR count). The van der Waals surface area contributed by atoms with Crippen LogP contribution in [0.5, 0.6) is 0 Å². The average molecular weight is 185 g/mol. The molecule has 0 nitrogen and oxygen atoms in total. The van der Waals surface area contributed by atoms with E-state index in [0.717, 1.165) is 11.8 Å². The largest absolute Gasteiger partial charge is 0.0807 e. The van der Waals surface area contributed by atoms with Gasteiger partial charge in [0, 0.05) is 10.4 Å². The molecule has 0 fully saturated rings. The molecule has 48 valence electrons. The molecule has 0 amide bonds. The standard InChI is InChI=1S/C8H9Br/c1-5-6-2-3-7(4-6)8(5)9/h2-3,6-7H,4H2,1H3/t6-,7+/m0/s1. The summed E-state index contributed by atoms with van der Waals surface area (Å²) in [4.78, 5) is 0. The second-order valence-corrected chi connectivity index (χ2v) is 3.72. The Kier molecular flexibility index (Phi) is 1.10.